The van der Waals surface area contributed by atoms with Gasteiger partial charge >= 0.3 is 0 Å². The van der Waals surface area contributed by atoms with E-state index in [1.165, 1.54) is 5.56 Å². The van der Waals surface area contributed by atoms with Crippen LogP contribution in [-0.2, 0) is 6.42 Å². The van der Waals surface area contributed by atoms with Gasteiger partial charge in [0.15, 0.2) is 0 Å². The quantitative estimate of drug-likeness (QED) is 0.857. The largest absolute Gasteiger partial charge is 0.473 e. The fraction of sp³-hybridized carbons (Fsp3) is 0.368. The fourth-order valence-electron chi connectivity index (χ4n) is 3.30. The van der Waals surface area contributed by atoms with Crippen molar-refractivity contribution in [1.82, 2.24) is 4.98 Å². The Morgan fingerprint density at radius 3 is 3.04 bits per heavy atom. The van der Waals surface area contributed by atoms with Gasteiger partial charge in [-0.05, 0) is 48.8 Å². The summed E-state index contributed by atoms with van der Waals surface area (Å²) in [6.45, 7) is 0.740. The van der Waals surface area contributed by atoms with Gasteiger partial charge in [-0.15, -0.1) is 0 Å². The molecule has 124 valence electrons. The summed E-state index contributed by atoms with van der Waals surface area (Å²) >= 11 is 1.89. The van der Waals surface area contributed by atoms with Crippen molar-refractivity contribution in [2.24, 2.45) is 0 Å². The first-order chi connectivity index (χ1) is 11.8. The van der Waals surface area contributed by atoms with Crippen LogP contribution >= 0.6 is 11.8 Å². The van der Waals surface area contributed by atoms with Gasteiger partial charge in [0.05, 0.1) is 0 Å². The third-order valence-corrected chi connectivity index (χ3v) is 5.66. The van der Waals surface area contributed by atoms with Crippen LogP contribution in [0, 0.1) is 0 Å². The van der Waals surface area contributed by atoms with E-state index in [2.05, 4.69) is 11.1 Å². The Kier molecular flexibility index (Phi) is 4.43. The van der Waals surface area contributed by atoms with Crippen LogP contribution < -0.4 is 9.64 Å². The number of para-hydroxylation sites is 1. The molecule has 0 spiro atoms. The summed E-state index contributed by atoms with van der Waals surface area (Å²) in [5.41, 5.74) is 2.81. The van der Waals surface area contributed by atoms with E-state index in [9.17, 15) is 4.79 Å². The first-order valence-electron chi connectivity index (χ1n) is 8.42. The molecule has 1 fully saturated rings. The lowest BCUT2D eigenvalue weighted by Gasteiger charge is -2.30. The van der Waals surface area contributed by atoms with Crippen molar-refractivity contribution in [2.45, 2.75) is 25.4 Å². The van der Waals surface area contributed by atoms with E-state index in [0.29, 0.717) is 11.4 Å². The molecule has 0 aliphatic carbocycles. The lowest BCUT2D eigenvalue weighted by molar-refractivity contribution is 0.0977. The maximum atomic E-state index is 13.2. The van der Waals surface area contributed by atoms with E-state index < -0.39 is 0 Å². The summed E-state index contributed by atoms with van der Waals surface area (Å²) < 4.78 is 6.03. The minimum atomic E-state index is -0.0177. The highest BCUT2D eigenvalue weighted by molar-refractivity contribution is 7.99. The maximum Gasteiger partial charge on any atom is 0.263 e. The highest BCUT2D eigenvalue weighted by Crippen LogP contribution is 2.30. The Hall–Kier alpha value is -2.01. The van der Waals surface area contributed by atoms with Crippen molar-refractivity contribution in [3.05, 3.63) is 53.7 Å². The molecule has 1 unspecified atom stereocenters. The van der Waals surface area contributed by atoms with Crippen molar-refractivity contribution in [2.75, 3.05) is 23.0 Å². The molecule has 2 aliphatic heterocycles. The van der Waals surface area contributed by atoms with Crippen LogP contribution in [-0.4, -0.2) is 35.0 Å². The molecule has 1 aromatic carbocycles. The highest BCUT2D eigenvalue weighted by Gasteiger charge is 2.27. The van der Waals surface area contributed by atoms with Crippen molar-refractivity contribution in [1.29, 1.82) is 0 Å². The molecule has 1 aromatic heterocycles. The molecule has 24 heavy (non-hydrogen) atoms. The lowest BCUT2D eigenvalue weighted by Crippen LogP contribution is -2.36. The van der Waals surface area contributed by atoms with Crippen molar-refractivity contribution >= 4 is 23.4 Å². The molecule has 2 aromatic rings. The first kappa shape index (κ1) is 15.5. The van der Waals surface area contributed by atoms with E-state index in [1.54, 1.807) is 12.3 Å². The summed E-state index contributed by atoms with van der Waals surface area (Å²) in [7, 11) is 0. The number of anilines is 1. The van der Waals surface area contributed by atoms with Gasteiger partial charge in [-0.3, -0.25) is 4.79 Å². The summed E-state index contributed by atoms with van der Waals surface area (Å²) in [5, 5.41) is 0. The smallest absolute Gasteiger partial charge is 0.263 e. The Morgan fingerprint density at radius 1 is 1.25 bits per heavy atom. The number of ether oxygens (including phenoxy) is 1. The Balaban J connectivity index is 1.63. The Bertz CT molecular complexity index is 744. The van der Waals surface area contributed by atoms with Gasteiger partial charge in [-0.1, -0.05) is 18.2 Å². The van der Waals surface area contributed by atoms with Crippen LogP contribution in [0.5, 0.6) is 5.88 Å². The molecule has 0 saturated carbocycles. The normalized spacial score (nSPS) is 19.8. The Morgan fingerprint density at radius 2 is 2.17 bits per heavy atom. The molecule has 5 heteroatoms. The average molecular weight is 340 g/mol. The van der Waals surface area contributed by atoms with Crippen molar-refractivity contribution < 1.29 is 9.53 Å². The fourth-order valence-corrected chi connectivity index (χ4v) is 4.39. The molecular weight excluding hydrogens is 320 g/mol. The number of fused-ring (bicyclic) bond motifs is 1. The number of amides is 1. The van der Waals surface area contributed by atoms with Gasteiger partial charge in [0.25, 0.3) is 5.91 Å². The van der Waals surface area contributed by atoms with Crippen LogP contribution in [0.15, 0.2) is 42.6 Å². The van der Waals surface area contributed by atoms with Crippen LogP contribution in [0.25, 0.3) is 0 Å². The van der Waals surface area contributed by atoms with E-state index in [-0.39, 0.29) is 12.0 Å². The summed E-state index contributed by atoms with van der Waals surface area (Å²) in [6, 6.07) is 11.8. The molecule has 3 heterocycles. The van der Waals surface area contributed by atoms with Crippen LogP contribution in [0.1, 0.15) is 28.8 Å². The van der Waals surface area contributed by atoms with Gasteiger partial charge in [0, 0.05) is 24.2 Å². The van der Waals surface area contributed by atoms with Gasteiger partial charge < -0.3 is 9.64 Å². The molecule has 2 aliphatic rings. The van der Waals surface area contributed by atoms with Crippen molar-refractivity contribution in [3.63, 3.8) is 0 Å². The highest BCUT2D eigenvalue weighted by atomic mass is 32.2. The molecule has 4 nitrogen and oxygen atoms in total. The predicted molar refractivity (Wildman–Crippen MR) is 97.0 cm³/mol. The number of aromatic nitrogens is 1. The number of pyridine rings is 1. The predicted octanol–water partition coefficient (Wildman–Crippen LogP) is 3.56. The second-order valence-electron chi connectivity index (χ2n) is 6.15. The molecule has 4 rings (SSSR count). The van der Waals surface area contributed by atoms with Crippen molar-refractivity contribution in [3.8, 4) is 5.88 Å². The van der Waals surface area contributed by atoms with Crippen LogP contribution in [0.4, 0.5) is 5.69 Å². The van der Waals surface area contributed by atoms with Gasteiger partial charge in [-0.2, -0.15) is 11.8 Å². The Labute approximate surface area is 146 Å². The summed E-state index contributed by atoms with van der Waals surface area (Å²) in [5.74, 6) is 2.53. The number of carbonyl (C=O) groups excluding carboxylic acids is 1. The zero-order chi connectivity index (χ0) is 16.4. The number of rotatable bonds is 3. The summed E-state index contributed by atoms with van der Waals surface area (Å²) in [6.07, 6.45) is 4.87. The molecule has 0 bridgehead atoms. The van der Waals surface area contributed by atoms with Crippen LogP contribution in [0.3, 0.4) is 0 Å². The van der Waals surface area contributed by atoms with Gasteiger partial charge in [0.1, 0.15) is 11.7 Å². The average Bonchev–Trinajstić information content (AvgIpc) is 3.14. The van der Waals surface area contributed by atoms with E-state index >= 15 is 0 Å². The van der Waals surface area contributed by atoms with E-state index in [1.807, 2.05) is 40.9 Å². The molecule has 0 N–H and O–H groups in total. The lowest BCUT2D eigenvalue weighted by atomic mass is 10.0. The maximum absolute atomic E-state index is 13.2. The first-order valence-corrected chi connectivity index (χ1v) is 9.57. The number of benzene rings is 1. The number of thioether (sulfide) groups is 1. The second kappa shape index (κ2) is 6.85. The second-order valence-corrected chi connectivity index (χ2v) is 7.30. The number of carbonyl (C=O) groups is 1. The molecule has 1 saturated heterocycles. The number of aryl methyl sites for hydroxylation is 1. The van der Waals surface area contributed by atoms with Gasteiger partial charge in [0.2, 0.25) is 5.88 Å². The van der Waals surface area contributed by atoms with E-state index in [0.717, 1.165) is 43.0 Å². The molecule has 1 atom stereocenters. The minimum Gasteiger partial charge on any atom is -0.473 e. The van der Waals surface area contributed by atoms with Gasteiger partial charge in [-0.25, -0.2) is 4.98 Å². The molecular formula is C19H20N2O2S. The zero-order valence-electron chi connectivity index (χ0n) is 13.5. The summed E-state index contributed by atoms with van der Waals surface area (Å²) in [4.78, 5) is 19.4. The SMILES string of the molecule is O=C(c1cccnc1OC1CCSC1)N1CCCc2ccccc21. The topological polar surface area (TPSA) is 42.4 Å². The standard InChI is InChI=1S/C19H20N2O2S/c22-19(21-11-4-6-14-5-1-2-8-17(14)21)16-7-3-10-20-18(16)23-15-9-12-24-13-15/h1-3,5,7-8,10,15H,4,6,9,11-13H2. The molecule has 1 amide bonds. The third-order valence-electron chi connectivity index (χ3n) is 4.52. The monoisotopic (exact) mass is 340 g/mol. The third kappa shape index (κ3) is 3.00. The number of hydrogen-bond donors (Lipinski definition) is 0. The number of nitrogens with zero attached hydrogens (tertiary/aromatic N) is 2. The van der Waals surface area contributed by atoms with E-state index in [4.69, 9.17) is 4.74 Å². The zero-order valence-corrected chi connectivity index (χ0v) is 14.3. The molecule has 0 radical (unpaired) electrons. The number of hydrogen-bond acceptors (Lipinski definition) is 4. The van der Waals surface area contributed by atoms with Crippen LogP contribution in [0.2, 0.25) is 0 Å². The minimum absolute atomic E-state index is 0.0177.